The monoisotopic (exact) mass is 262 g/mol. The summed E-state index contributed by atoms with van der Waals surface area (Å²) < 4.78 is 2.26. The summed E-state index contributed by atoms with van der Waals surface area (Å²) in [6.45, 7) is 4.19. The van der Waals surface area contributed by atoms with Crippen molar-refractivity contribution in [1.82, 2.24) is 4.57 Å². The van der Waals surface area contributed by atoms with Crippen molar-refractivity contribution in [2.75, 3.05) is 5.73 Å². The van der Waals surface area contributed by atoms with E-state index in [0.717, 1.165) is 16.9 Å². The Bertz CT molecular complexity index is 739. The molecule has 2 aromatic carbocycles. The lowest BCUT2D eigenvalue weighted by Crippen LogP contribution is -2.03. The standard InChI is InChI=1S/C18H18N2/c1-13-11-12-18(15-7-4-3-5-8-15)20(13)17-10-6-9-16(19)14(17)2/h3-12H,19H2,1-2H3. The van der Waals surface area contributed by atoms with Crippen LogP contribution in [0.3, 0.4) is 0 Å². The highest BCUT2D eigenvalue weighted by atomic mass is 15.0. The molecule has 100 valence electrons. The van der Waals surface area contributed by atoms with Crippen LogP contribution in [0.2, 0.25) is 0 Å². The van der Waals surface area contributed by atoms with Crippen molar-refractivity contribution >= 4 is 5.69 Å². The van der Waals surface area contributed by atoms with Crippen molar-refractivity contribution < 1.29 is 0 Å². The third-order valence-corrected chi connectivity index (χ3v) is 3.73. The van der Waals surface area contributed by atoms with Gasteiger partial charge in [0.2, 0.25) is 0 Å². The molecule has 0 atom stereocenters. The third kappa shape index (κ3) is 1.99. The van der Waals surface area contributed by atoms with Gasteiger partial charge in [-0.1, -0.05) is 36.4 Å². The molecule has 0 aliphatic carbocycles. The number of hydrogen-bond acceptors (Lipinski definition) is 1. The van der Waals surface area contributed by atoms with Crippen molar-refractivity contribution in [2.24, 2.45) is 0 Å². The zero-order chi connectivity index (χ0) is 14.1. The molecule has 3 rings (SSSR count). The fourth-order valence-corrected chi connectivity index (χ4v) is 2.58. The second kappa shape index (κ2) is 4.89. The first-order valence-electron chi connectivity index (χ1n) is 6.77. The maximum absolute atomic E-state index is 6.05. The summed E-state index contributed by atoms with van der Waals surface area (Å²) in [4.78, 5) is 0. The Hall–Kier alpha value is -2.48. The molecule has 0 spiro atoms. The zero-order valence-electron chi connectivity index (χ0n) is 11.8. The lowest BCUT2D eigenvalue weighted by atomic mass is 10.1. The summed E-state index contributed by atoms with van der Waals surface area (Å²) >= 11 is 0. The normalized spacial score (nSPS) is 10.7. The van der Waals surface area contributed by atoms with Gasteiger partial charge in [-0.3, -0.25) is 0 Å². The van der Waals surface area contributed by atoms with Gasteiger partial charge < -0.3 is 10.3 Å². The number of aromatic nitrogens is 1. The topological polar surface area (TPSA) is 30.9 Å². The molecule has 0 unspecified atom stereocenters. The minimum absolute atomic E-state index is 0.828. The molecule has 0 aliphatic rings. The molecule has 3 aromatic rings. The number of nitrogens with zero attached hydrogens (tertiary/aromatic N) is 1. The third-order valence-electron chi connectivity index (χ3n) is 3.73. The molecule has 1 heterocycles. The molecule has 0 bridgehead atoms. The van der Waals surface area contributed by atoms with E-state index in [4.69, 9.17) is 5.73 Å². The van der Waals surface area contributed by atoms with Gasteiger partial charge in [-0.05, 0) is 49.2 Å². The van der Waals surface area contributed by atoms with Crippen LogP contribution in [0, 0.1) is 13.8 Å². The maximum atomic E-state index is 6.05. The first kappa shape index (κ1) is 12.5. The van der Waals surface area contributed by atoms with Crippen LogP contribution in [0.25, 0.3) is 16.9 Å². The average Bonchev–Trinajstić information content (AvgIpc) is 2.85. The molecule has 0 saturated carbocycles. The Morgan fingerprint density at radius 2 is 1.55 bits per heavy atom. The second-order valence-corrected chi connectivity index (χ2v) is 5.05. The Labute approximate surface area is 119 Å². The van der Waals surface area contributed by atoms with Gasteiger partial charge in [0.15, 0.2) is 0 Å². The number of rotatable bonds is 2. The van der Waals surface area contributed by atoms with Gasteiger partial charge in [-0.2, -0.15) is 0 Å². The lowest BCUT2D eigenvalue weighted by molar-refractivity contribution is 1.01. The highest BCUT2D eigenvalue weighted by molar-refractivity contribution is 5.67. The van der Waals surface area contributed by atoms with Crippen molar-refractivity contribution in [3.8, 4) is 16.9 Å². The minimum Gasteiger partial charge on any atom is -0.398 e. The van der Waals surface area contributed by atoms with E-state index in [1.807, 2.05) is 18.2 Å². The Balaban J connectivity index is 2.25. The highest BCUT2D eigenvalue weighted by Gasteiger charge is 2.11. The second-order valence-electron chi connectivity index (χ2n) is 5.05. The molecular weight excluding hydrogens is 244 g/mol. The van der Waals surface area contributed by atoms with Crippen LogP contribution in [0.5, 0.6) is 0 Å². The predicted molar refractivity (Wildman–Crippen MR) is 85.1 cm³/mol. The lowest BCUT2D eigenvalue weighted by Gasteiger charge is -2.15. The van der Waals surface area contributed by atoms with Gasteiger partial charge in [0.25, 0.3) is 0 Å². The van der Waals surface area contributed by atoms with Crippen molar-refractivity contribution in [2.45, 2.75) is 13.8 Å². The van der Waals surface area contributed by atoms with Crippen LogP contribution in [0.4, 0.5) is 5.69 Å². The number of nitrogen functional groups attached to an aromatic ring is 1. The summed E-state index contributed by atoms with van der Waals surface area (Å²) in [6.07, 6.45) is 0. The summed E-state index contributed by atoms with van der Waals surface area (Å²) in [5, 5.41) is 0. The van der Waals surface area contributed by atoms with E-state index in [1.165, 1.54) is 17.0 Å². The summed E-state index contributed by atoms with van der Waals surface area (Å²) in [7, 11) is 0. The van der Waals surface area contributed by atoms with Crippen molar-refractivity contribution in [3.63, 3.8) is 0 Å². The number of nitrogens with two attached hydrogens (primary N) is 1. The highest BCUT2D eigenvalue weighted by Crippen LogP contribution is 2.29. The van der Waals surface area contributed by atoms with Crippen LogP contribution in [-0.2, 0) is 0 Å². The van der Waals surface area contributed by atoms with E-state index in [-0.39, 0.29) is 0 Å². The molecule has 0 fully saturated rings. The minimum atomic E-state index is 0.828. The molecule has 1 aromatic heterocycles. The van der Waals surface area contributed by atoms with E-state index in [0.29, 0.717) is 0 Å². The zero-order valence-corrected chi connectivity index (χ0v) is 11.8. The Morgan fingerprint density at radius 1 is 0.800 bits per heavy atom. The number of hydrogen-bond donors (Lipinski definition) is 1. The first-order valence-corrected chi connectivity index (χ1v) is 6.77. The summed E-state index contributed by atoms with van der Waals surface area (Å²) in [5.41, 5.74) is 12.7. The molecular formula is C18H18N2. The Morgan fingerprint density at radius 3 is 2.30 bits per heavy atom. The molecule has 0 amide bonds. The molecule has 0 radical (unpaired) electrons. The van der Waals surface area contributed by atoms with E-state index >= 15 is 0 Å². The molecule has 2 heteroatoms. The van der Waals surface area contributed by atoms with E-state index in [2.05, 4.69) is 60.9 Å². The van der Waals surface area contributed by atoms with Crippen LogP contribution >= 0.6 is 0 Å². The fraction of sp³-hybridized carbons (Fsp3) is 0.111. The quantitative estimate of drug-likeness (QED) is 0.684. The molecule has 0 aliphatic heterocycles. The summed E-state index contributed by atoms with van der Waals surface area (Å²) in [5.74, 6) is 0. The fourth-order valence-electron chi connectivity index (χ4n) is 2.58. The smallest absolute Gasteiger partial charge is 0.0531 e. The number of aryl methyl sites for hydroxylation is 1. The van der Waals surface area contributed by atoms with Gasteiger partial charge in [0, 0.05) is 11.4 Å². The van der Waals surface area contributed by atoms with Gasteiger partial charge in [-0.25, -0.2) is 0 Å². The van der Waals surface area contributed by atoms with Crippen LogP contribution in [0.1, 0.15) is 11.3 Å². The number of anilines is 1. The molecule has 2 N–H and O–H groups in total. The number of benzene rings is 2. The SMILES string of the molecule is Cc1c(N)cccc1-n1c(C)ccc1-c1ccccc1. The molecule has 0 saturated heterocycles. The van der Waals surface area contributed by atoms with Crippen molar-refractivity contribution in [3.05, 3.63) is 71.9 Å². The van der Waals surface area contributed by atoms with E-state index in [1.54, 1.807) is 0 Å². The molecule has 20 heavy (non-hydrogen) atoms. The van der Waals surface area contributed by atoms with Gasteiger partial charge >= 0.3 is 0 Å². The maximum Gasteiger partial charge on any atom is 0.0531 e. The van der Waals surface area contributed by atoms with E-state index in [9.17, 15) is 0 Å². The van der Waals surface area contributed by atoms with E-state index < -0.39 is 0 Å². The van der Waals surface area contributed by atoms with Crippen LogP contribution < -0.4 is 5.73 Å². The average molecular weight is 262 g/mol. The Kier molecular flexibility index (Phi) is 3.07. The summed E-state index contributed by atoms with van der Waals surface area (Å²) in [6, 6.07) is 20.8. The van der Waals surface area contributed by atoms with Crippen LogP contribution in [0.15, 0.2) is 60.7 Å². The first-order chi connectivity index (χ1) is 9.68. The van der Waals surface area contributed by atoms with Gasteiger partial charge in [0.1, 0.15) is 0 Å². The van der Waals surface area contributed by atoms with Crippen LogP contribution in [-0.4, -0.2) is 4.57 Å². The molecule has 2 nitrogen and oxygen atoms in total. The largest absolute Gasteiger partial charge is 0.398 e. The van der Waals surface area contributed by atoms with Gasteiger partial charge in [-0.15, -0.1) is 0 Å². The predicted octanol–water partition coefficient (Wildman–Crippen LogP) is 4.34. The van der Waals surface area contributed by atoms with Crippen molar-refractivity contribution in [1.29, 1.82) is 0 Å². The van der Waals surface area contributed by atoms with Gasteiger partial charge in [0.05, 0.1) is 11.4 Å².